The zero-order valence-electron chi connectivity index (χ0n) is 10.9. The number of hydrogen-bond acceptors (Lipinski definition) is 0. The topological polar surface area (TPSA) is 0 Å². The molecule has 0 radical (unpaired) electrons. The van der Waals surface area contributed by atoms with Gasteiger partial charge in [0.05, 0.1) is 0 Å². The number of hydrogen-bond donors (Lipinski definition) is 0. The van der Waals surface area contributed by atoms with E-state index in [1.165, 1.54) is 6.42 Å². The van der Waals surface area contributed by atoms with Gasteiger partial charge in [0, 0.05) is 9.65 Å². The molecule has 0 aliphatic heterocycles. The van der Waals surface area contributed by atoms with E-state index in [9.17, 15) is 0 Å². The first-order valence-electron chi connectivity index (χ1n) is 6.64. The molecule has 0 aromatic carbocycles. The van der Waals surface area contributed by atoms with Gasteiger partial charge in [0.1, 0.15) is 0 Å². The fraction of sp³-hybridized carbons (Fsp3) is 0.846. The second-order valence-electron chi connectivity index (χ2n) is 5.67. The summed E-state index contributed by atoms with van der Waals surface area (Å²) in [5.74, 6) is 0.116. The van der Waals surface area contributed by atoms with Gasteiger partial charge in [0.15, 0.2) is 13.0 Å². The summed E-state index contributed by atoms with van der Waals surface area (Å²) in [5, 5.41) is 0. The van der Waals surface area contributed by atoms with Crippen molar-refractivity contribution in [2.24, 2.45) is 5.92 Å². The molecule has 0 bridgehead atoms. The number of alkyl halides is 8. The van der Waals surface area contributed by atoms with E-state index >= 15 is 0 Å². The summed E-state index contributed by atoms with van der Waals surface area (Å²) in [7, 11) is 0. The summed E-state index contributed by atoms with van der Waals surface area (Å²) in [4.78, 5) is 0.793. The Hall–Kier alpha value is 2.44. The van der Waals surface area contributed by atoms with Gasteiger partial charge in [-0.05, 0) is 43.3 Å². The van der Waals surface area contributed by atoms with Crippen molar-refractivity contribution in [3.8, 4) is 0 Å². The first-order chi connectivity index (χ1) is 9.49. The van der Waals surface area contributed by atoms with Gasteiger partial charge in [-0.3, -0.25) is 0 Å². The third-order valence-electron chi connectivity index (χ3n) is 4.07. The molecule has 0 aromatic heterocycles. The minimum Gasteiger partial charge on any atom is -0.0941 e. The quantitative estimate of drug-likeness (QED) is 0.237. The van der Waals surface area contributed by atoms with Crippen LogP contribution in [0.2, 0.25) is 0 Å². The lowest BCUT2D eigenvalue weighted by molar-refractivity contribution is 0.431. The first kappa shape index (κ1) is 19.8. The van der Waals surface area contributed by atoms with Crippen molar-refractivity contribution in [2.75, 3.05) is 0 Å². The number of allylic oxidation sites excluding steroid dienone is 2. The molecular formula is C13H14Br2Cl6. The Kier molecular flexibility index (Phi) is 6.57. The molecule has 2 unspecified atom stereocenters. The predicted molar refractivity (Wildman–Crippen MR) is 103 cm³/mol. The Morgan fingerprint density at radius 3 is 1.76 bits per heavy atom. The Labute approximate surface area is 172 Å². The fourth-order valence-corrected chi connectivity index (χ4v) is 6.21. The third kappa shape index (κ3) is 3.84. The van der Waals surface area contributed by atoms with Gasteiger partial charge in [-0.2, -0.15) is 0 Å². The third-order valence-corrected chi connectivity index (χ3v) is 9.46. The van der Waals surface area contributed by atoms with Crippen LogP contribution in [0.5, 0.6) is 0 Å². The van der Waals surface area contributed by atoms with Gasteiger partial charge in [-0.15, -0.1) is 0 Å². The van der Waals surface area contributed by atoms with Crippen molar-refractivity contribution in [3.63, 3.8) is 0 Å². The molecule has 2 atom stereocenters. The second kappa shape index (κ2) is 6.98. The van der Waals surface area contributed by atoms with E-state index in [1.54, 1.807) is 6.08 Å². The molecule has 0 heterocycles. The van der Waals surface area contributed by atoms with Gasteiger partial charge in [0.25, 0.3) is 0 Å². The maximum Gasteiger partial charge on any atom is 0.190 e. The van der Waals surface area contributed by atoms with Crippen LogP contribution in [0.15, 0.2) is 11.6 Å². The molecule has 0 aromatic rings. The average Bonchev–Trinajstić information content (AvgIpc) is 2.43. The van der Waals surface area contributed by atoms with Crippen molar-refractivity contribution >= 4 is 101 Å². The van der Waals surface area contributed by atoms with Gasteiger partial charge >= 0.3 is 0 Å². The molecule has 8 heteroatoms. The Morgan fingerprint density at radius 2 is 1.38 bits per heavy atom. The summed E-state index contributed by atoms with van der Waals surface area (Å²) < 4.78 is -4.71. The lowest BCUT2D eigenvalue weighted by atomic mass is 9.85. The molecular weight excluding hydrogens is 529 g/mol. The smallest absolute Gasteiger partial charge is 0.0941 e. The van der Waals surface area contributed by atoms with E-state index in [-0.39, 0.29) is 5.92 Å². The van der Waals surface area contributed by atoms with Gasteiger partial charge in [0.2, 0.25) is 0 Å². The summed E-state index contributed by atoms with van der Waals surface area (Å²) in [5.41, 5.74) is 0.719. The van der Waals surface area contributed by atoms with Crippen LogP contribution in [0.4, 0.5) is 0 Å². The van der Waals surface area contributed by atoms with Crippen LogP contribution in [-0.2, 0) is 0 Å². The van der Waals surface area contributed by atoms with Crippen molar-refractivity contribution in [3.05, 3.63) is 11.6 Å². The normalized spacial score (nSPS) is 38.5. The van der Waals surface area contributed by atoms with Crippen molar-refractivity contribution in [1.29, 1.82) is 0 Å². The van der Waals surface area contributed by atoms with Crippen LogP contribution in [-0.4, -0.2) is 22.7 Å². The highest BCUT2D eigenvalue weighted by molar-refractivity contribution is 9.09. The fourth-order valence-electron chi connectivity index (χ4n) is 2.91. The van der Waals surface area contributed by atoms with Crippen molar-refractivity contribution in [2.45, 2.75) is 54.8 Å². The Morgan fingerprint density at radius 1 is 0.905 bits per heavy atom. The molecule has 2 aliphatic rings. The van der Waals surface area contributed by atoms with Gasteiger partial charge in [-0.1, -0.05) is 108 Å². The summed E-state index contributed by atoms with van der Waals surface area (Å²) >= 11 is 45.4. The number of rotatable bonds is 1. The van der Waals surface area contributed by atoms with Crippen LogP contribution in [0.3, 0.4) is 0 Å². The van der Waals surface area contributed by atoms with Crippen molar-refractivity contribution < 1.29 is 0 Å². The lowest BCUT2D eigenvalue weighted by Gasteiger charge is -2.36. The van der Waals surface area contributed by atoms with E-state index < -0.39 is 13.0 Å². The molecule has 2 rings (SSSR count). The molecule has 0 N–H and O–H groups in total. The van der Waals surface area contributed by atoms with Crippen LogP contribution >= 0.6 is 101 Å². The highest BCUT2D eigenvalue weighted by Gasteiger charge is 2.66. The van der Waals surface area contributed by atoms with E-state index in [4.69, 9.17) is 69.6 Å². The average molecular weight is 543 g/mol. The van der Waals surface area contributed by atoms with Gasteiger partial charge < -0.3 is 0 Å². The summed E-state index contributed by atoms with van der Waals surface area (Å²) in [6.45, 7) is 0. The molecule has 21 heavy (non-hydrogen) atoms. The molecule has 1 fully saturated rings. The molecule has 1 saturated carbocycles. The summed E-state index contributed by atoms with van der Waals surface area (Å²) in [6.07, 6.45) is 6.79. The Bertz CT molecular complexity index is 422. The number of halogens is 8. The highest BCUT2D eigenvalue weighted by atomic mass is 79.9. The zero-order valence-corrected chi connectivity index (χ0v) is 18.6. The molecule has 122 valence electrons. The first-order valence-corrected chi connectivity index (χ1v) is 10.7. The van der Waals surface area contributed by atoms with E-state index in [0.717, 1.165) is 31.3 Å². The summed E-state index contributed by atoms with van der Waals surface area (Å²) in [6, 6.07) is 0. The van der Waals surface area contributed by atoms with E-state index in [2.05, 4.69) is 31.9 Å². The van der Waals surface area contributed by atoms with E-state index in [0.29, 0.717) is 9.65 Å². The van der Waals surface area contributed by atoms with Gasteiger partial charge in [-0.25, -0.2) is 0 Å². The maximum absolute atomic E-state index is 6.47. The van der Waals surface area contributed by atoms with Crippen molar-refractivity contribution in [1.82, 2.24) is 0 Å². The predicted octanol–water partition coefficient (Wildman–Crippen LogP) is 7.56. The minimum absolute atomic E-state index is 0.116. The molecule has 0 saturated heterocycles. The lowest BCUT2D eigenvalue weighted by Crippen LogP contribution is -2.45. The largest absolute Gasteiger partial charge is 0.190 e. The molecule has 0 amide bonds. The zero-order chi connectivity index (χ0) is 16.1. The molecule has 0 spiro atoms. The standard InChI is InChI=1S/C13H14Br2Cl6/c14-8-2-1-3-9(15)5-7(4-8)10-6-11(16,17)13(20,21)12(10,18)19/h6-9H,1-5H2. The maximum atomic E-state index is 6.47. The SMILES string of the molecule is ClC1(Cl)C=C(C2CC(Br)CCCC(Br)C2)C(Cl)(Cl)C1(Cl)Cl. The minimum atomic E-state index is -1.69. The Balaban J connectivity index is 2.34. The highest BCUT2D eigenvalue weighted by Crippen LogP contribution is 2.65. The molecule has 2 aliphatic carbocycles. The monoisotopic (exact) mass is 538 g/mol. The van der Waals surface area contributed by atoms with Crippen LogP contribution in [0.25, 0.3) is 0 Å². The molecule has 0 nitrogen and oxygen atoms in total. The van der Waals surface area contributed by atoms with E-state index in [1.807, 2.05) is 0 Å². The van der Waals surface area contributed by atoms with Crippen LogP contribution in [0, 0.1) is 5.92 Å². The second-order valence-corrected chi connectivity index (χ2v) is 12.3. The van der Waals surface area contributed by atoms with Crippen LogP contribution < -0.4 is 0 Å². The van der Waals surface area contributed by atoms with Crippen LogP contribution in [0.1, 0.15) is 32.1 Å².